The van der Waals surface area contributed by atoms with Crippen molar-refractivity contribution in [1.82, 2.24) is 10.2 Å². The molecule has 5 heteroatoms. The number of carbonyl (C=O) groups is 1. The van der Waals surface area contributed by atoms with Gasteiger partial charge in [0.15, 0.2) is 0 Å². The first-order chi connectivity index (χ1) is 9.59. The van der Waals surface area contributed by atoms with Gasteiger partial charge >= 0.3 is 5.97 Å². The fraction of sp³-hybridized carbons (Fsp3) is 0.333. The van der Waals surface area contributed by atoms with E-state index in [9.17, 15) is 4.79 Å². The van der Waals surface area contributed by atoms with Crippen LogP contribution in [0.4, 0.5) is 0 Å². The van der Waals surface area contributed by atoms with Gasteiger partial charge < -0.3 is 15.1 Å². The summed E-state index contributed by atoms with van der Waals surface area (Å²) in [4.78, 5) is 18.6. The number of carbonyl (C=O) groups excluding carboxylic acids is 1. The highest BCUT2D eigenvalue weighted by atomic mass is 16.7. The van der Waals surface area contributed by atoms with E-state index in [1.54, 1.807) is 6.20 Å². The zero-order valence-electron chi connectivity index (χ0n) is 12.0. The molecule has 0 saturated carbocycles. The average Bonchev–Trinajstić information content (AvgIpc) is 2.76. The second kappa shape index (κ2) is 6.34. The van der Waals surface area contributed by atoms with Crippen LogP contribution in [0.3, 0.4) is 0 Å². The summed E-state index contributed by atoms with van der Waals surface area (Å²) in [5.41, 5.74) is 3.03. The highest BCUT2D eigenvalue weighted by molar-refractivity contribution is 6.29. The van der Waals surface area contributed by atoms with Crippen LogP contribution >= 0.6 is 0 Å². The molecule has 0 unspecified atom stereocenters. The Bertz CT molecular complexity index is 562. The lowest BCUT2D eigenvalue weighted by Gasteiger charge is -2.09. The molecule has 1 aromatic rings. The molecule has 0 bridgehead atoms. The van der Waals surface area contributed by atoms with Gasteiger partial charge in [-0.15, -0.1) is 0 Å². The van der Waals surface area contributed by atoms with E-state index in [1.807, 2.05) is 45.3 Å². The minimum absolute atomic E-state index is 0.416. The molecule has 0 saturated heterocycles. The summed E-state index contributed by atoms with van der Waals surface area (Å²) in [7, 11) is 4.00. The molecule has 0 radical (unpaired) electrons. The van der Waals surface area contributed by atoms with Crippen LogP contribution in [0.5, 0.6) is 0 Å². The normalized spacial score (nSPS) is 16.5. The van der Waals surface area contributed by atoms with Crippen molar-refractivity contribution in [2.75, 3.05) is 27.2 Å². The first-order valence-electron chi connectivity index (χ1n) is 6.53. The smallest absolute Gasteiger partial charge is 0.369 e. The molecule has 2 rings (SSSR count). The van der Waals surface area contributed by atoms with E-state index in [-0.39, 0.29) is 0 Å². The zero-order valence-corrected chi connectivity index (χ0v) is 12.0. The fourth-order valence-corrected chi connectivity index (χ4v) is 1.90. The van der Waals surface area contributed by atoms with Crippen molar-refractivity contribution in [3.05, 3.63) is 47.2 Å². The van der Waals surface area contributed by atoms with Crippen molar-refractivity contribution in [2.24, 2.45) is 5.16 Å². The SMILES string of the molecule is Cc1ccccc1C1=NOC(=O)/C1=C\NCCN(C)C. The third-order valence-corrected chi connectivity index (χ3v) is 3.04. The molecule has 106 valence electrons. The van der Waals surface area contributed by atoms with E-state index in [0.717, 1.165) is 24.2 Å². The van der Waals surface area contributed by atoms with E-state index < -0.39 is 5.97 Å². The van der Waals surface area contributed by atoms with E-state index in [4.69, 9.17) is 4.84 Å². The molecule has 0 aliphatic carbocycles. The second-order valence-electron chi connectivity index (χ2n) is 4.95. The van der Waals surface area contributed by atoms with Crippen molar-refractivity contribution < 1.29 is 9.63 Å². The van der Waals surface area contributed by atoms with Gasteiger partial charge in [0.2, 0.25) is 0 Å². The van der Waals surface area contributed by atoms with Crippen LogP contribution in [0.15, 0.2) is 41.2 Å². The van der Waals surface area contributed by atoms with Crippen LogP contribution in [0, 0.1) is 6.92 Å². The van der Waals surface area contributed by atoms with Gasteiger partial charge in [0.1, 0.15) is 11.3 Å². The Hall–Kier alpha value is -2.14. The standard InChI is InChI=1S/C15H19N3O2/c1-11-6-4-5-7-12(11)14-13(15(19)20-17-14)10-16-8-9-18(2)3/h4-7,10,16H,8-9H2,1-3H3/b13-10-. The maximum Gasteiger partial charge on any atom is 0.369 e. The molecule has 0 amide bonds. The number of likely N-dealkylation sites (N-methyl/N-ethyl adjacent to an activating group) is 1. The Balaban J connectivity index is 2.15. The lowest BCUT2D eigenvalue weighted by atomic mass is 9.99. The Kier molecular flexibility index (Phi) is 4.53. The van der Waals surface area contributed by atoms with Crippen LogP contribution in [0.25, 0.3) is 0 Å². The topological polar surface area (TPSA) is 53.9 Å². The van der Waals surface area contributed by atoms with Crippen LogP contribution in [-0.2, 0) is 9.63 Å². The third kappa shape index (κ3) is 3.24. The lowest BCUT2D eigenvalue weighted by molar-refractivity contribution is -0.136. The van der Waals surface area contributed by atoms with Gasteiger partial charge in [0.25, 0.3) is 0 Å². The number of oxime groups is 1. The first-order valence-corrected chi connectivity index (χ1v) is 6.53. The number of hydrogen-bond acceptors (Lipinski definition) is 5. The van der Waals surface area contributed by atoms with Crippen LogP contribution < -0.4 is 5.32 Å². The number of aryl methyl sites for hydroxylation is 1. The van der Waals surface area contributed by atoms with Crippen molar-refractivity contribution >= 4 is 11.7 Å². The van der Waals surface area contributed by atoms with Gasteiger partial charge in [-0.1, -0.05) is 29.4 Å². The van der Waals surface area contributed by atoms with Crippen LogP contribution in [-0.4, -0.2) is 43.8 Å². The van der Waals surface area contributed by atoms with Gasteiger partial charge in [-0.05, 0) is 26.6 Å². The Morgan fingerprint density at radius 2 is 2.10 bits per heavy atom. The summed E-state index contributed by atoms with van der Waals surface area (Å²) < 4.78 is 0. The zero-order chi connectivity index (χ0) is 14.5. The maximum atomic E-state index is 11.7. The van der Waals surface area contributed by atoms with Crippen molar-refractivity contribution in [1.29, 1.82) is 0 Å². The van der Waals surface area contributed by atoms with Crippen LogP contribution in [0.1, 0.15) is 11.1 Å². The summed E-state index contributed by atoms with van der Waals surface area (Å²) in [5.74, 6) is -0.416. The Morgan fingerprint density at radius 3 is 2.80 bits per heavy atom. The van der Waals surface area contributed by atoms with Crippen molar-refractivity contribution in [3.8, 4) is 0 Å². The van der Waals surface area contributed by atoms with Gasteiger partial charge in [-0.25, -0.2) is 4.79 Å². The molecule has 0 spiro atoms. The Morgan fingerprint density at radius 1 is 1.35 bits per heavy atom. The molecule has 1 aliphatic rings. The van der Waals surface area contributed by atoms with Crippen molar-refractivity contribution in [3.63, 3.8) is 0 Å². The van der Waals surface area contributed by atoms with E-state index in [0.29, 0.717) is 11.3 Å². The molecule has 5 nitrogen and oxygen atoms in total. The third-order valence-electron chi connectivity index (χ3n) is 3.04. The number of hydrogen-bond donors (Lipinski definition) is 1. The summed E-state index contributed by atoms with van der Waals surface area (Å²) in [6, 6.07) is 7.79. The minimum Gasteiger partial charge on any atom is -0.389 e. The van der Waals surface area contributed by atoms with Gasteiger partial charge in [-0.3, -0.25) is 0 Å². The fourth-order valence-electron chi connectivity index (χ4n) is 1.90. The van der Waals surface area contributed by atoms with Gasteiger partial charge in [0.05, 0.1) is 0 Å². The monoisotopic (exact) mass is 273 g/mol. The maximum absolute atomic E-state index is 11.7. The molecule has 1 aromatic carbocycles. The van der Waals surface area contributed by atoms with Crippen LogP contribution in [0.2, 0.25) is 0 Å². The van der Waals surface area contributed by atoms with E-state index in [2.05, 4.69) is 15.4 Å². The summed E-state index contributed by atoms with van der Waals surface area (Å²) >= 11 is 0. The molecule has 0 aromatic heterocycles. The summed E-state index contributed by atoms with van der Waals surface area (Å²) in [5, 5.41) is 7.01. The predicted octanol–water partition coefficient (Wildman–Crippen LogP) is 1.29. The summed E-state index contributed by atoms with van der Waals surface area (Å²) in [6.45, 7) is 3.62. The highest BCUT2D eigenvalue weighted by Crippen LogP contribution is 2.19. The quantitative estimate of drug-likeness (QED) is 0.499. The largest absolute Gasteiger partial charge is 0.389 e. The molecular formula is C15H19N3O2. The Labute approximate surface area is 118 Å². The second-order valence-corrected chi connectivity index (χ2v) is 4.95. The van der Waals surface area contributed by atoms with Gasteiger partial charge in [-0.2, -0.15) is 0 Å². The van der Waals surface area contributed by atoms with E-state index in [1.165, 1.54) is 0 Å². The summed E-state index contributed by atoms with van der Waals surface area (Å²) in [6.07, 6.45) is 1.68. The molecule has 0 fully saturated rings. The van der Waals surface area contributed by atoms with Crippen molar-refractivity contribution in [2.45, 2.75) is 6.92 Å². The van der Waals surface area contributed by atoms with E-state index >= 15 is 0 Å². The highest BCUT2D eigenvalue weighted by Gasteiger charge is 2.27. The molecule has 1 aliphatic heterocycles. The molecule has 1 N–H and O–H groups in total. The lowest BCUT2D eigenvalue weighted by Crippen LogP contribution is -2.24. The molecule has 20 heavy (non-hydrogen) atoms. The number of nitrogens with zero attached hydrogens (tertiary/aromatic N) is 2. The number of rotatable bonds is 5. The predicted molar refractivity (Wildman–Crippen MR) is 78.4 cm³/mol. The van der Waals surface area contributed by atoms with Gasteiger partial charge in [0, 0.05) is 24.9 Å². The molecular weight excluding hydrogens is 254 g/mol. The first kappa shape index (κ1) is 14.3. The average molecular weight is 273 g/mol. The number of nitrogens with one attached hydrogen (secondary N) is 1. The molecule has 0 atom stereocenters. The number of benzene rings is 1. The minimum atomic E-state index is -0.416. The molecule has 1 heterocycles.